The highest BCUT2D eigenvalue weighted by Crippen LogP contribution is 2.18. The summed E-state index contributed by atoms with van der Waals surface area (Å²) in [6.07, 6.45) is 10.9. The molecule has 0 spiro atoms. The average Bonchev–Trinajstić information content (AvgIpc) is 3.03. The minimum absolute atomic E-state index is 0.0921. The fourth-order valence-corrected chi connectivity index (χ4v) is 4.49. The normalized spacial score (nSPS) is 19.6. The Balaban J connectivity index is 1.42. The van der Waals surface area contributed by atoms with Gasteiger partial charge >= 0.3 is 6.03 Å². The maximum atomic E-state index is 12.3. The summed E-state index contributed by atoms with van der Waals surface area (Å²) in [6.45, 7) is 10.2. The van der Waals surface area contributed by atoms with Gasteiger partial charge < -0.3 is 15.5 Å². The summed E-state index contributed by atoms with van der Waals surface area (Å²) in [5, 5.41) is 6.08. The van der Waals surface area contributed by atoms with Crippen molar-refractivity contribution in [3.8, 4) is 0 Å². The molecule has 1 aromatic heterocycles. The van der Waals surface area contributed by atoms with Crippen LogP contribution < -0.4 is 15.5 Å². The first-order chi connectivity index (χ1) is 14.1. The Morgan fingerprint density at radius 1 is 0.966 bits per heavy atom. The second-order valence-corrected chi connectivity index (χ2v) is 8.90. The molecule has 2 amide bonds. The Morgan fingerprint density at radius 3 is 2.24 bits per heavy atom. The lowest BCUT2D eigenvalue weighted by atomic mass is 10.0. The summed E-state index contributed by atoms with van der Waals surface area (Å²) in [4.78, 5) is 21.9. The molecule has 1 unspecified atom stereocenters. The van der Waals surface area contributed by atoms with E-state index >= 15 is 0 Å². The number of urea groups is 1. The Labute approximate surface area is 176 Å². The third-order valence-electron chi connectivity index (χ3n) is 6.29. The number of rotatable bonds is 7. The second-order valence-electron chi connectivity index (χ2n) is 8.90. The summed E-state index contributed by atoms with van der Waals surface area (Å²) in [5.74, 6) is 1.58. The predicted molar refractivity (Wildman–Crippen MR) is 119 cm³/mol. The maximum Gasteiger partial charge on any atom is 0.315 e. The molecular formula is C23H39N5O. The summed E-state index contributed by atoms with van der Waals surface area (Å²) < 4.78 is 0. The topological polar surface area (TPSA) is 60.5 Å². The van der Waals surface area contributed by atoms with E-state index in [1.54, 1.807) is 0 Å². The molecule has 162 valence electrons. The van der Waals surface area contributed by atoms with Crippen LogP contribution in [0.5, 0.6) is 0 Å². The van der Waals surface area contributed by atoms with Gasteiger partial charge in [-0.1, -0.05) is 32.8 Å². The van der Waals surface area contributed by atoms with Crippen LogP contribution in [0.1, 0.15) is 64.4 Å². The lowest BCUT2D eigenvalue weighted by Gasteiger charge is -2.33. The fraction of sp³-hybridized carbons (Fsp3) is 0.739. The van der Waals surface area contributed by atoms with Gasteiger partial charge in [-0.2, -0.15) is 0 Å². The van der Waals surface area contributed by atoms with Crippen LogP contribution in [-0.4, -0.2) is 54.7 Å². The second kappa shape index (κ2) is 11.4. The number of aromatic nitrogens is 1. The first kappa shape index (κ1) is 21.9. The van der Waals surface area contributed by atoms with Crippen LogP contribution in [0, 0.1) is 5.92 Å². The van der Waals surface area contributed by atoms with Crippen molar-refractivity contribution in [2.45, 2.75) is 71.4 Å². The number of hydrogen-bond acceptors (Lipinski definition) is 4. The molecule has 2 fully saturated rings. The van der Waals surface area contributed by atoms with Crippen LogP contribution in [0.2, 0.25) is 0 Å². The van der Waals surface area contributed by atoms with Gasteiger partial charge in [0.05, 0.1) is 0 Å². The lowest BCUT2D eigenvalue weighted by molar-refractivity contribution is 0.157. The monoisotopic (exact) mass is 401 g/mol. The van der Waals surface area contributed by atoms with Gasteiger partial charge in [-0.15, -0.1) is 0 Å². The van der Waals surface area contributed by atoms with Gasteiger partial charge in [-0.05, 0) is 62.7 Å². The number of pyridine rings is 1. The predicted octanol–water partition coefficient (Wildman–Crippen LogP) is 3.77. The molecule has 1 aromatic rings. The van der Waals surface area contributed by atoms with E-state index < -0.39 is 0 Å². The van der Waals surface area contributed by atoms with Crippen molar-refractivity contribution in [3.05, 3.63) is 23.9 Å². The number of piperidine rings is 1. The molecule has 3 rings (SSSR count). The van der Waals surface area contributed by atoms with E-state index in [-0.39, 0.29) is 6.03 Å². The quantitative estimate of drug-likeness (QED) is 0.730. The number of amides is 2. The summed E-state index contributed by atoms with van der Waals surface area (Å²) in [6, 6.07) is 4.47. The number of nitrogens with zero attached hydrogens (tertiary/aromatic N) is 3. The molecule has 6 heteroatoms. The van der Waals surface area contributed by atoms with Gasteiger partial charge in [0.25, 0.3) is 0 Å². The number of carbonyl (C=O) groups is 1. The first-order valence-electron chi connectivity index (χ1n) is 11.6. The van der Waals surface area contributed by atoms with Crippen LogP contribution in [0.4, 0.5) is 10.6 Å². The molecule has 0 saturated carbocycles. The molecule has 0 radical (unpaired) electrons. The fourth-order valence-electron chi connectivity index (χ4n) is 4.49. The van der Waals surface area contributed by atoms with Crippen LogP contribution in [0.25, 0.3) is 0 Å². The SMILES string of the molecule is CC(C)C(CNC(=O)NCc1ccc(N2CCCCC2)nc1)N1CCCCCC1. The highest BCUT2D eigenvalue weighted by molar-refractivity contribution is 5.73. The molecular weight excluding hydrogens is 362 g/mol. The van der Waals surface area contributed by atoms with Gasteiger partial charge in [-0.25, -0.2) is 9.78 Å². The lowest BCUT2D eigenvalue weighted by Crippen LogP contribution is -2.49. The molecule has 2 aliphatic heterocycles. The van der Waals surface area contributed by atoms with E-state index in [0.29, 0.717) is 25.0 Å². The minimum atomic E-state index is -0.0921. The van der Waals surface area contributed by atoms with E-state index in [1.165, 1.54) is 44.9 Å². The van der Waals surface area contributed by atoms with E-state index in [2.05, 4.69) is 51.4 Å². The van der Waals surface area contributed by atoms with Crippen LogP contribution in [-0.2, 0) is 6.54 Å². The molecule has 0 aliphatic carbocycles. The van der Waals surface area contributed by atoms with Crippen molar-refractivity contribution in [2.75, 3.05) is 37.6 Å². The van der Waals surface area contributed by atoms with Crippen molar-refractivity contribution in [2.24, 2.45) is 5.92 Å². The molecule has 29 heavy (non-hydrogen) atoms. The maximum absolute atomic E-state index is 12.3. The van der Waals surface area contributed by atoms with Crippen molar-refractivity contribution in [3.63, 3.8) is 0 Å². The Kier molecular flexibility index (Phi) is 8.59. The van der Waals surface area contributed by atoms with Crippen molar-refractivity contribution < 1.29 is 4.79 Å². The Bertz CT molecular complexity index is 604. The number of hydrogen-bond donors (Lipinski definition) is 2. The Hall–Kier alpha value is -1.82. The third-order valence-corrected chi connectivity index (χ3v) is 6.29. The molecule has 1 atom stereocenters. The standard InChI is InChI=1S/C23H39N5O/c1-19(2)21(27-12-6-3-4-7-13-27)18-26-23(29)25-17-20-10-11-22(24-16-20)28-14-8-5-9-15-28/h10-11,16,19,21H,3-9,12-15,17-18H2,1-2H3,(H2,25,26,29). The molecule has 0 aromatic carbocycles. The number of anilines is 1. The highest BCUT2D eigenvalue weighted by Gasteiger charge is 2.23. The molecule has 3 heterocycles. The van der Waals surface area contributed by atoms with Crippen LogP contribution in [0.15, 0.2) is 18.3 Å². The van der Waals surface area contributed by atoms with Crippen molar-refractivity contribution in [1.29, 1.82) is 0 Å². The van der Waals surface area contributed by atoms with Crippen LogP contribution in [0.3, 0.4) is 0 Å². The summed E-state index contributed by atoms with van der Waals surface area (Å²) in [5.41, 5.74) is 1.04. The number of nitrogens with one attached hydrogen (secondary N) is 2. The zero-order valence-corrected chi connectivity index (χ0v) is 18.3. The molecule has 6 nitrogen and oxygen atoms in total. The van der Waals surface area contributed by atoms with Crippen molar-refractivity contribution in [1.82, 2.24) is 20.5 Å². The molecule has 0 bridgehead atoms. The smallest absolute Gasteiger partial charge is 0.315 e. The zero-order chi connectivity index (χ0) is 20.5. The highest BCUT2D eigenvalue weighted by atomic mass is 16.2. The number of carbonyl (C=O) groups excluding carboxylic acids is 1. The van der Waals surface area contributed by atoms with Gasteiger partial charge in [-0.3, -0.25) is 4.90 Å². The zero-order valence-electron chi connectivity index (χ0n) is 18.3. The van der Waals surface area contributed by atoms with Gasteiger partial charge in [0.2, 0.25) is 0 Å². The third kappa shape index (κ3) is 6.88. The van der Waals surface area contributed by atoms with Gasteiger partial charge in [0.1, 0.15) is 5.82 Å². The van der Waals surface area contributed by atoms with Gasteiger partial charge in [0, 0.05) is 38.4 Å². The van der Waals surface area contributed by atoms with E-state index in [0.717, 1.165) is 37.6 Å². The van der Waals surface area contributed by atoms with E-state index in [9.17, 15) is 4.79 Å². The van der Waals surface area contributed by atoms with E-state index in [4.69, 9.17) is 0 Å². The van der Waals surface area contributed by atoms with E-state index in [1.807, 2.05) is 6.20 Å². The summed E-state index contributed by atoms with van der Waals surface area (Å²) in [7, 11) is 0. The molecule has 2 aliphatic rings. The average molecular weight is 402 g/mol. The number of likely N-dealkylation sites (tertiary alicyclic amines) is 1. The summed E-state index contributed by atoms with van der Waals surface area (Å²) >= 11 is 0. The molecule has 2 saturated heterocycles. The first-order valence-corrected chi connectivity index (χ1v) is 11.6. The molecule has 2 N–H and O–H groups in total. The van der Waals surface area contributed by atoms with Crippen molar-refractivity contribution >= 4 is 11.8 Å². The Morgan fingerprint density at radius 2 is 1.62 bits per heavy atom. The largest absolute Gasteiger partial charge is 0.357 e. The van der Waals surface area contributed by atoms with Crippen LogP contribution >= 0.6 is 0 Å². The minimum Gasteiger partial charge on any atom is -0.357 e. The van der Waals surface area contributed by atoms with Gasteiger partial charge in [0.15, 0.2) is 0 Å².